The number of unbranched alkanes of at least 4 members (excludes halogenated alkanes) is 1. The number of benzene rings is 1. The summed E-state index contributed by atoms with van der Waals surface area (Å²) in [6.07, 6.45) is 10.1. The molecule has 3 fully saturated rings. The van der Waals surface area contributed by atoms with E-state index in [9.17, 15) is 14.4 Å². The number of primary amides is 1. The Hall–Kier alpha value is -2.41. The Balaban J connectivity index is 1.42. The quantitative estimate of drug-likeness (QED) is 0.612. The van der Waals surface area contributed by atoms with Crippen molar-refractivity contribution in [1.29, 1.82) is 0 Å². The molecule has 1 aromatic rings. The van der Waals surface area contributed by atoms with E-state index in [1.54, 1.807) is 12.1 Å². The average Bonchev–Trinajstić information content (AvgIpc) is 2.85. The first-order valence-electron chi connectivity index (χ1n) is 13.2. The normalized spacial score (nSPS) is 23.8. The number of hydrogen-bond donors (Lipinski definition) is 2. The lowest BCUT2D eigenvalue weighted by Crippen LogP contribution is -2.73. The van der Waals surface area contributed by atoms with Crippen molar-refractivity contribution in [2.24, 2.45) is 11.7 Å². The van der Waals surface area contributed by atoms with Crippen LogP contribution in [0.4, 0.5) is 0 Å². The number of piperazine rings is 1. The first-order valence-corrected chi connectivity index (χ1v) is 13.2. The van der Waals surface area contributed by atoms with Gasteiger partial charge in [-0.1, -0.05) is 57.6 Å². The van der Waals surface area contributed by atoms with Gasteiger partial charge in [-0.15, -0.1) is 0 Å². The van der Waals surface area contributed by atoms with Crippen LogP contribution >= 0.6 is 0 Å². The largest absolute Gasteiger partial charge is 0.366 e. The molecule has 7 nitrogen and oxygen atoms in total. The monoisotopic (exact) mass is 468 g/mol. The van der Waals surface area contributed by atoms with E-state index in [1.165, 1.54) is 32.1 Å². The zero-order valence-electron chi connectivity index (χ0n) is 20.6. The van der Waals surface area contributed by atoms with Crippen molar-refractivity contribution in [1.82, 2.24) is 15.1 Å². The highest BCUT2D eigenvalue weighted by molar-refractivity contribution is 6.00. The molecule has 0 bridgehead atoms. The Labute approximate surface area is 203 Å². The number of carbonyl (C=O) groups excluding carboxylic acids is 3. The SMILES string of the molecule is CCCCN1C(=O)[C@H](CC2CCCCC2)NC(=O)C12CCN(Cc1ccc(C(N)=O)cc1)CC2. The van der Waals surface area contributed by atoms with Crippen molar-refractivity contribution < 1.29 is 14.4 Å². The molecule has 0 unspecified atom stereocenters. The lowest BCUT2D eigenvalue weighted by molar-refractivity contribution is -0.162. The van der Waals surface area contributed by atoms with Crippen molar-refractivity contribution >= 4 is 17.7 Å². The molecule has 3 amide bonds. The van der Waals surface area contributed by atoms with E-state index < -0.39 is 11.4 Å². The molecule has 2 saturated heterocycles. The van der Waals surface area contributed by atoms with Crippen molar-refractivity contribution in [3.8, 4) is 0 Å². The Morgan fingerprint density at radius 3 is 2.38 bits per heavy atom. The molecule has 7 heteroatoms. The van der Waals surface area contributed by atoms with Crippen LogP contribution in [0.2, 0.25) is 0 Å². The molecule has 0 radical (unpaired) electrons. The lowest BCUT2D eigenvalue weighted by Gasteiger charge is -2.52. The van der Waals surface area contributed by atoms with Gasteiger partial charge in [0.1, 0.15) is 11.6 Å². The van der Waals surface area contributed by atoms with Gasteiger partial charge in [-0.25, -0.2) is 0 Å². The molecule has 1 spiro atoms. The number of hydrogen-bond acceptors (Lipinski definition) is 4. The van der Waals surface area contributed by atoms with Crippen LogP contribution in [0.3, 0.4) is 0 Å². The van der Waals surface area contributed by atoms with Crippen molar-refractivity contribution in [2.45, 2.75) is 89.3 Å². The fourth-order valence-corrected chi connectivity index (χ4v) is 6.04. The third-order valence-electron chi connectivity index (χ3n) is 8.17. The molecule has 0 aromatic heterocycles. The second-order valence-electron chi connectivity index (χ2n) is 10.5. The highest BCUT2D eigenvalue weighted by Gasteiger charge is 2.53. The Bertz CT molecular complexity index is 870. The van der Waals surface area contributed by atoms with Gasteiger partial charge in [0.2, 0.25) is 17.7 Å². The maximum absolute atomic E-state index is 13.6. The topological polar surface area (TPSA) is 95.7 Å². The summed E-state index contributed by atoms with van der Waals surface area (Å²) in [7, 11) is 0. The van der Waals surface area contributed by atoms with E-state index in [0.717, 1.165) is 44.5 Å². The van der Waals surface area contributed by atoms with Crippen LogP contribution in [0.25, 0.3) is 0 Å². The molecule has 186 valence electrons. The molecule has 2 aliphatic heterocycles. The van der Waals surface area contributed by atoms with Gasteiger partial charge in [-0.05, 0) is 49.3 Å². The molecule has 1 aliphatic carbocycles. The van der Waals surface area contributed by atoms with Gasteiger partial charge in [0, 0.05) is 31.7 Å². The number of likely N-dealkylation sites (tertiary alicyclic amines) is 1. The maximum Gasteiger partial charge on any atom is 0.248 e. The summed E-state index contributed by atoms with van der Waals surface area (Å²) in [5.41, 5.74) is 6.24. The minimum absolute atomic E-state index is 0.0504. The summed E-state index contributed by atoms with van der Waals surface area (Å²) < 4.78 is 0. The van der Waals surface area contributed by atoms with Crippen molar-refractivity contribution in [3.05, 3.63) is 35.4 Å². The molecule has 3 aliphatic rings. The Morgan fingerprint density at radius 2 is 1.76 bits per heavy atom. The zero-order chi connectivity index (χ0) is 24.1. The zero-order valence-corrected chi connectivity index (χ0v) is 20.6. The third-order valence-corrected chi connectivity index (χ3v) is 8.17. The number of nitrogens with one attached hydrogen (secondary N) is 1. The van der Waals surface area contributed by atoms with Gasteiger partial charge in [0.25, 0.3) is 0 Å². The summed E-state index contributed by atoms with van der Waals surface area (Å²) >= 11 is 0. The molecule has 4 rings (SSSR count). The number of nitrogens with two attached hydrogens (primary N) is 1. The first kappa shape index (κ1) is 24.7. The second kappa shape index (κ2) is 10.9. The predicted octanol–water partition coefficient (Wildman–Crippen LogP) is 3.22. The lowest BCUT2D eigenvalue weighted by atomic mass is 9.79. The van der Waals surface area contributed by atoms with Gasteiger partial charge >= 0.3 is 0 Å². The fourth-order valence-electron chi connectivity index (χ4n) is 6.04. The standard InChI is InChI=1S/C27H40N4O3/c1-2-3-15-31-25(33)23(18-20-7-5-4-6-8-20)29-26(34)27(31)13-16-30(17-14-27)19-21-9-11-22(12-10-21)24(28)32/h9-12,20,23H,2-8,13-19H2,1H3,(H2,28,32)(H,29,34)/t23-/m0/s1. The molecular weight excluding hydrogens is 428 g/mol. The molecular formula is C27H40N4O3. The van der Waals surface area contributed by atoms with Crippen LogP contribution < -0.4 is 11.1 Å². The summed E-state index contributed by atoms with van der Waals surface area (Å²) in [6, 6.07) is 7.03. The Morgan fingerprint density at radius 1 is 1.09 bits per heavy atom. The fraction of sp³-hybridized carbons (Fsp3) is 0.667. The summed E-state index contributed by atoms with van der Waals surface area (Å²) in [5, 5.41) is 3.17. The molecule has 1 aromatic carbocycles. The van der Waals surface area contributed by atoms with E-state index in [-0.39, 0.29) is 17.9 Å². The molecule has 1 saturated carbocycles. The van der Waals surface area contributed by atoms with E-state index in [1.807, 2.05) is 17.0 Å². The van der Waals surface area contributed by atoms with Gasteiger partial charge in [-0.2, -0.15) is 0 Å². The van der Waals surface area contributed by atoms with E-state index in [0.29, 0.717) is 30.9 Å². The number of nitrogens with zero attached hydrogens (tertiary/aromatic N) is 2. The predicted molar refractivity (Wildman–Crippen MR) is 132 cm³/mol. The average molecular weight is 469 g/mol. The van der Waals surface area contributed by atoms with Gasteiger partial charge < -0.3 is 16.0 Å². The van der Waals surface area contributed by atoms with Gasteiger partial charge in [0.05, 0.1) is 0 Å². The molecule has 34 heavy (non-hydrogen) atoms. The minimum Gasteiger partial charge on any atom is -0.366 e. The molecule has 1 atom stereocenters. The number of amides is 3. The second-order valence-corrected chi connectivity index (χ2v) is 10.5. The van der Waals surface area contributed by atoms with Crippen LogP contribution in [0.15, 0.2) is 24.3 Å². The van der Waals surface area contributed by atoms with Crippen LogP contribution in [-0.2, 0) is 16.1 Å². The van der Waals surface area contributed by atoms with E-state index in [4.69, 9.17) is 5.73 Å². The van der Waals surface area contributed by atoms with Crippen LogP contribution in [-0.4, -0.2) is 58.7 Å². The third kappa shape index (κ3) is 5.29. The molecule has 2 heterocycles. The van der Waals surface area contributed by atoms with Gasteiger partial charge in [-0.3, -0.25) is 19.3 Å². The van der Waals surface area contributed by atoms with Crippen LogP contribution in [0.1, 0.15) is 87.1 Å². The first-order chi connectivity index (χ1) is 16.4. The summed E-state index contributed by atoms with van der Waals surface area (Å²) in [5.74, 6) is 0.310. The highest BCUT2D eigenvalue weighted by Crippen LogP contribution is 2.36. The van der Waals surface area contributed by atoms with Crippen molar-refractivity contribution in [3.63, 3.8) is 0 Å². The smallest absolute Gasteiger partial charge is 0.248 e. The summed E-state index contributed by atoms with van der Waals surface area (Å²) in [6.45, 7) is 5.07. The van der Waals surface area contributed by atoms with E-state index in [2.05, 4.69) is 17.1 Å². The van der Waals surface area contributed by atoms with Crippen LogP contribution in [0, 0.1) is 5.92 Å². The van der Waals surface area contributed by atoms with Crippen molar-refractivity contribution in [2.75, 3.05) is 19.6 Å². The number of rotatable bonds is 8. The summed E-state index contributed by atoms with van der Waals surface area (Å²) in [4.78, 5) is 42.8. The number of carbonyl (C=O) groups is 3. The van der Waals surface area contributed by atoms with E-state index >= 15 is 0 Å². The maximum atomic E-state index is 13.6. The Kier molecular flexibility index (Phi) is 7.91. The number of piperidine rings is 1. The van der Waals surface area contributed by atoms with Gasteiger partial charge in [0.15, 0.2) is 0 Å². The highest BCUT2D eigenvalue weighted by atomic mass is 16.2. The molecule has 3 N–H and O–H groups in total. The minimum atomic E-state index is -0.721. The van der Waals surface area contributed by atoms with Crippen LogP contribution in [0.5, 0.6) is 0 Å².